The maximum atomic E-state index is 14.0. The molecule has 0 aromatic carbocycles. The molecular weight excluding hydrogens is 448 g/mol. The molecule has 5 atom stereocenters. The molecule has 3 heterocycles. The average molecular weight is 491 g/mol. The number of carbonyl (C=O) groups excluding carboxylic acids is 3. The standard InChI is InChI=1S/C27H42N2O6/c1-5-8-10-16-28(15-7-3)24(32)22-27-14-13-26(4,35-27)21(25(33)34-19-11-9-6-2)20(27)23(31)29(22)17-12-18-30/h6-7,20-22,30H,2-3,5,8-19H2,1,4H3/t20-,21-,22?,26+,27?/m0/s1. The number of ether oxygens (including phenoxy) is 2. The van der Waals surface area contributed by atoms with E-state index in [-0.39, 0.29) is 31.6 Å². The van der Waals surface area contributed by atoms with Crippen molar-refractivity contribution in [2.24, 2.45) is 11.8 Å². The van der Waals surface area contributed by atoms with Gasteiger partial charge in [0, 0.05) is 26.2 Å². The van der Waals surface area contributed by atoms with Gasteiger partial charge in [-0.3, -0.25) is 14.4 Å². The molecule has 35 heavy (non-hydrogen) atoms. The summed E-state index contributed by atoms with van der Waals surface area (Å²) in [4.78, 5) is 44.4. The maximum Gasteiger partial charge on any atom is 0.312 e. The first-order valence-electron chi connectivity index (χ1n) is 13.1. The number of amides is 2. The fourth-order valence-electron chi connectivity index (χ4n) is 6.21. The monoisotopic (exact) mass is 490 g/mol. The molecule has 3 fully saturated rings. The Morgan fingerprint density at radius 3 is 2.66 bits per heavy atom. The maximum absolute atomic E-state index is 14.0. The molecule has 196 valence electrons. The molecule has 0 radical (unpaired) electrons. The van der Waals surface area contributed by atoms with Crippen LogP contribution in [0.5, 0.6) is 0 Å². The fourth-order valence-corrected chi connectivity index (χ4v) is 6.21. The predicted molar refractivity (Wildman–Crippen MR) is 132 cm³/mol. The van der Waals surface area contributed by atoms with Gasteiger partial charge in [0.05, 0.1) is 18.1 Å². The van der Waals surface area contributed by atoms with Gasteiger partial charge in [0.25, 0.3) is 0 Å². The summed E-state index contributed by atoms with van der Waals surface area (Å²) in [5, 5.41) is 9.47. The van der Waals surface area contributed by atoms with Gasteiger partial charge in [-0.05, 0) is 45.4 Å². The number of fused-ring (bicyclic) bond motifs is 1. The summed E-state index contributed by atoms with van der Waals surface area (Å²) in [5.41, 5.74) is -1.91. The lowest BCUT2D eigenvalue weighted by Crippen LogP contribution is -2.56. The number of esters is 1. The fraction of sp³-hybridized carbons (Fsp3) is 0.741. The van der Waals surface area contributed by atoms with Crippen LogP contribution in [0, 0.1) is 11.8 Å². The first-order chi connectivity index (χ1) is 16.8. The van der Waals surface area contributed by atoms with Gasteiger partial charge in [0.2, 0.25) is 11.8 Å². The van der Waals surface area contributed by atoms with Crippen LogP contribution in [0.3, 0.4) is 0 Å². The van der Waals surface area contributed by atoms with Gasteiger partial charge in [-0.1, -0.05) is 31.9 Å². The van der Waals surface area contributed by atoms with Gasteiger partial charge in [-0.2, -0.15) is 0 Å². The Balaban J connectivity index is 1.93. The van der Waals surface area contributed by atoms with E-state index in [4.69, 9.17) is 9.47 Å². The van der Waals surface area contributed by atoms with E-state index in [1.165, 1.54) is 0 Å². The van der Waals surface area contributed by atoms with E-state index in [2.05, 4.69) is 20.1 Å². The highest BCUT2D eigenvalue weighted by Gasteiger charge is 2.78. The number of allylic oxidation sites excluding steroid dienone is 1. The van der Waals surface area contributed by atoms with E-state index in [1.54, 1.807) is 22.0 Å². The second kappa shape index (κ2) is 11.7. The minimum absolute atomic E-state index is 0.0947. The lowest BCUT2D eigenvalue weighted by atomic mass is 9.66. The molecule has 3 aliphatic heterocycles. The second-order valence-electron chi connectivity index (χ2n) is 10.2. The van der Waals surface area contributed by atoms with E-state index < -0.39 is 35.0 Å². The normalized spacial score (nSPS) is 30.9. The topological polar surface area (TPSA) is 96.4 Å². The Labute approximate surface area is 209 Å². The minimum Gasteiger partial charge on any atom is -0.465 e. The molecule has 1 spiro atoms. The van der Waals surface area contributed by atoms with Crippen molar-refractivity contribution in [1.82, 2.24) is 9.80 Å². The largest absolute Gasteiger partial charge is 0.465 e. The molecule has 3 saturated heterocycles. The number of aliphatic hydroxyl groups excluding tert-OH is 1. The zero-order valence-electron chi connectivity index (χ0n) is 21.4. The van der Waals surface area contributed by atoms with Crippen LogP contribution >= 0.6 is 0 Å². The number of nitrogens with zero attached hydrogens (tertiary/aromatic N) is 2. The van der Waals surface area contributed by atoms with Crippen molar-refractivity contribution >= 4 is 17.8 Å². The Morgan fingerprint density at radius 2 is 2.00 bits per heavy atom. The van der Waals surface area contributed by atoms with Crippen LogP contribution in [-0.2, 0) is 23.9 Å². The first-order valence-corrected chi connectivity index (χ1v) is 13.1. The number of carbonyl (C=O) groups is 3. The lowest BCUT2D eigenvalue weighted by Gasteiger charge is -2.36. The van der Waals surface area contributed by atoms with Gasteiger partial charge in [0.15, 0.2) is 0 Å². The smallest absolute Gasteiger partial charge is 0.312 e. The number of aliphatic hydroxyl groups is 1. The van der Waals surface area contributed by atoms with E-state index in [0.717, 1.165) is 25.7 Å². The number of rotatable bonds is 15. The minimum atomic E-state index is -1.06. The molecule has 8 heteroatoms. The third-order valence-corrected chi connectivity index (χ3v) is 7.81. The summed E-state index contributed by atoms with van der Waals surface area (Å²) in [5.74, 6) is -2.37. The van der Waals surface area contributed by atoms with Gasteiger partial charge in [-0.15, -0.1) is 13.2 Å². The molecule has 2 unspecified atom stereocenters. The Hall–Kier alpha value is -2.19. The average Bonchev–Trinajstić information content (AvgIpc) is 3.40. The van der Waals surface area contributed by atoms with Crippen molar-refractivity contribution in [2.75, 3.05) is 32.8 Å². The van der Waals surface area contributed by atoms with Crippen molar-refractivity contribution in [3.8, 4) is 0 Å². The second-order valence-corrected chi connectivity index (χ2v) is 10.2. The third-order valence-electron chi connectivity index (χ3n) is 7.81. The summed E-state index contributed by atoms with van der Waals surface area (Å²) in [6, 6.07) is -0.825. The van der Waals surface area contributed by atoms with E-state index in [0.29, 0.717) is 38.8 Å². The number of unbranched alkanes of at least 4 members (excludes halogenated alkanes) is 3. The molecule has 0 saturated carbocycles. The molecule has 1 N–H and O–H groups in total. The van der Waals surface area contributed by atoms with Crippen LogP contribution in [0.4, 0.5) is 0 Å². The number of hydrogen-bond acceptors (Lipinski definition) is 6. The highest BCUT2D eigenvalue weighted by atomic mass is 16.6. The van der Waals surface area contributed by atoms with E-state index >= 15 is 0 Å². The Bertz CT molecular complexity index is 815. The molecular formula is C27H42N2O6. The molecule has 0 aliphatic carbocycles. The molecule has 0 aromatic rings. The van der Waals surface area contributed by atoms with Gasteiger partial charge in [0.1, 0.15) is 17.6 Å². The summed E-state index contributed by atoms with van der Waals surface area (Å²) in [6.45, 7) is 12.8. The Morgan fingerprint density at radius 1 is 1.23 bits per heavy atom. The molecule has 3 aliphatic rings. The van der Waals surface area contributed by atoms with Crippen LogP contribution < -0.4 is 0 Å². The SMILES string of the molecule is C=CCCCOC(=O)[C@@H]1[C@H]2C(=O)N(CCCO)C(C(=O)N(CC=C)CCCCC)C23CC[C@@]1(C)O3. The Kier molecular flexibility index (Phi) is 9.16. The summed E-state index contributed by atoms with van der Waals surface area (Å²) < 4.78 is 12.2. The first kappa shape index (κ1) is 27.4. The summed E-state index contributed by atoms with van der Waals surface area (Å²) >= 11 is 0. The van der Waals surface area contributed by atoms with Gasteiger partial charge in [-0.25, -0.2) is 0 Å². The van der Waals surface area contributed by atoms with Crippen LogP contribution in [0.2, 0.25) is 0 Å². The molecule has 0 aromatic heterocycles. The van der Waals surface area contributed by atoms with Gasteiger partial charge >= 0.3 is 5.97 Å². The zero-order valence-corrected chi connectivity index (χ0v) is 21.4. The number of likely N-dealkylation sites (tertiary alicyclic amines) is 1. The molecule has 3 rings (SSSR count). The number of hydrogen-bond donors (Lipinski definition) is 1. The highest BCUT2D eigenvalue weighted by molar-refractivity contribution is 5.98. The third kappa shape index (κ3) is 5.05. The van der Waals surface area contributed by atoms with E-state index in [9.17, 15) is 19.5 Å². The van der Waals surface area contributed by atoms with Crippen LogP contribution in [-0.4, -0.2) is 82.8 Å². The highest BCUT2D eigenvalue weighted by Crippen LogP contribution is 2.63. The quantitative estimate of drug-likeness (QED) is 0.215. The van der Waals surface area contributed by atoms with Crippen LogP contribution in [0.1, 0.15) is 65.2 Å². The summed E-state index contributed by atoms with van der Waals surface area (Å²) in [7, 11) is 0. The lowest BCUT2D eigenvalue weighted by molar-refractivity contribution is -0.160. The van der Waals surface area contributed by atoms with Crippen LogP contribution in [0.25, 0.3) is 0 Å². The van der Waals surface area contributed by atoms with Crippen molar-refractivity contribution in [3.05, 3.63) is 25.3 Å². The van der Waals surface area contributed by atoms with Crippen molar-refractivity contribution in [3.63, 3.8) is 0 Å². The molecule has 8 nitrogen and oxygen atoms in total. The molecule has 2 amide bonds. The van der Waals surface area contributed by atoms with Crippen molar-refractivity contribution < 1.29 is 29.0 Å². The van der Waals surface area contributed by atoms with E-state index in [1.807, 2.05) is 6.92 Å². The van der Waals surface area contributed by atoms with Crippen molar-refractivity contribution in [2.45, 2.75) is 82.5 Å². The molecule has 2 bridgehead atoms. The van der Waals surface area contributed by atoms with Crippen LogP contribution in [0.15, 0.2) is 25.3 Å². The zero-order chi connectivity index (χ0) is 25.6. The van der Waals surface area contributed by atoms with Gasteiger partial charge < -0.3 is 24.4 Å². The predicted octanol–water partition coefficient (Wildman–Crippen LogP) is 2.85. The summed E-state index contributed by atoms with van der Waals surface area (Å²) in [6.07, 6.45) is 9.24. The van der Waals surface area contributed by atoms with Crippen molar-refractivity contribution in [1.29, 1.82) is 0 Å².